The number of phenolic OH excluding ortho intramolecular Hbond substituents is 1. The lowest BCUT2D eigenvalue weighted by molar-refractivity contribution is -0.112. The molecular formula is C23H21N3O3. The molecule has 0 aromatic heterocycles. The first kappa shape index (κ1) is 19.8. The SMILES string of the molecule is COc1cccc(CCN/C=C(/C#N)C(=O)Nc2cccc3c(O)cccc23)c1. The minimum atomic E-state index is -0.516. The summed E-state index contributed by atoms with van der Waals surface area (Å²) in [7, 11) is 1.62. The molecule has 0 aliphatic carbocycles. The van der Waals surface area contributed by atoms with Crippen LogP contribution >= 0.6 is 0 Å². The quantitative estimate of drug-likeness (QED) is 0.326. The van der Waals surface area contributed by atoms with E-state index >= 15 is 0 Å². The number of phenols is 1. The molecule has 0 aliphatic rings. The minimum absolute atomic E-state index is 0.0344. The second-order valence-electron chi connectivity index (χ2n) is 6.36. The topological polar surface area (TPSA) is 94.4 Å². The Labute approximate surface area is 169 Å². The Morgan fingerprint density at radius 3 is 2.69 bits per heavy atom. The van der Waals surface area contributed by atoms with E-state index in [1.165, 1.54) is 6.20 Å². The van der Waals surface area contributed by atoms with E-state index in [9.17, 15) is 15.2 Å². The van der Waals surface area contributed by atoms with Crippen molar-refractivity contribution in [3.8, 4) is 17.6 Å². The molecule has 6 nitrogen and oxygen atoms in total. The molecule has 0 radical (unpaired) electrons. The molecule has 0 heterocycles. The van der Waals surface area contributed by atoms with Crippen molar-refractivity contribution in [2.24, 2.45) is 0 Å². The van der Waals surface area contributed by atoms with E-state index in [2.05, 4.69) is 10.6 Å². The average Bonchev–Trinajstić information content (AvgIpc) is 2.74. The fourth-order valence-electron chi connectivity index (χ4n) is 2.96. The number of nitrogens with one attached hydrogen (secondary N) is 2. The minimum Gasteiger partial charge on any atom is -0.507 e. The summed E-state index contributed by atoms with van der Waals surface area (Å²) in [5.41, 5.74) is 1.58. The number of amides is 1. The maximum Gasteiger partial charge on any atom is 0.267 e. The molecule has 29 heavy (non-hydrogen) atoms. The number of hydrogen-bond acceptors (Lipinski definition) is 5. The molecule has 3 aromatic rings. The average molecular weight is 387 g/mol. The van der Waals surface area contributed by atoms with Gasteiger partial charge >= 0.3 is 0 Å². The highest BCUT2D eigenvalue weighted by Crippen LogP contribution is 2.29. The van der Waals surface area contributed by atoms with Gasteiger partial charge in [0.2, 0.25) is 0 Å². The van der Waals surface area contributed by atoms with Gasteiger partial charge in [-0.1, -0.05) is 36.4 Å². The van der Waals surface area contributed by atoms with Crippen molar-refractivity contribution in [3.63, 3.8) is 0 Å². The van der Waals surface area contributed by atoms with E-state index < -0.39 is 5.91 Å². The summed E-state index contributed by atoms with van der Waals surface area (Å²) in [6.45, 7) is 0.563. The number of ether oxygens (including phenoxy) is 1. The first-order valence-corrected chi connectivity index (χ1v) is 9.11. The first-order chi connectivity index (χ1) is 14.1. The molecule has 3 aromatic carbocycles. The summed E-state index contributed by atoms with van der Waals surface area (Å²) in [4.78, 5) is 12.5. The Balaban J connectivity index is 1.65. The van der Waals surface area contributed by atoms with Crippen LogP contribution in [-0.4, -0.2) is 24.7 Å². The van der Waals surface area contributed by atoms with E-state index in [-0.39, 0.29) is 11.3 Å². The third kappa shape index (κ3) is 4.85. The van der Waals surface area contributed by atoms with Crippen LogP contribution in [0.15, 0.2) is 72.4 Å². The number of nitrogens with zero attached hydrogens (tertiary/aromatic N) is 1. The van der Waals surface area contributed by atoms with Gasteiger partial charge in [0.1, 0.15) is 23.1 Å². The van der Waals surface area contributed by atoms with E-state index in [0.717, 1.165) is 17.7 Å². The van der Waals surface area contributed by atoms with Crippen LogP contribution in [0.5, 0.6) is 11.5 Å². The van der Waals surface area contributed by atoms with Crippen molar-refractivity contribution in [1.82, 2.24) is 5.32 Å². The molecule has 0 unspecified atom stereocenters. The molecule has 0 saturated heterocycles. The Bertz CT molecular complexity index is 1100. The molecule has 3 rings (SSSR count). The number of hydrogen-bond donors (Lipinski definition) is 3. The standard InChI is InChI=1S/C23H21N3O3/c1-29-18-6-2-5-16(13-18)11-12-25-15-17(14-24)23(28)26-21-9-3-8-20-19(21)7-4-10-22(20)27/h2-10,13,15,25,27H,11-12H2,1H3,(H,26,28)/b17-15-. The van der Waals surface area contributed by atoms with Gasteiger partial charge in [-0.15, -0.1) is 0 Å². The number of benzene rings is 3. The van der Waals surface area contributed by atoms with Gasteiger partial charge in [0.05, 0.1) is 7.11 Å². The molecule has 146 valence electrons. The van der Waals surface area contributed by atoms with Crippen molar-refractivity contribution >= 4 is 22.4 Å². The number of carbonyl (C=O) groups excluding carboxylic acids is 1. The molecular weight excluding hydrogens is 366 g/mol. The van der Waals surface area contributed by atoms with Crippen molar-refractivity contribution in [2.45, 2.75) is 6.42 Å². The summed E-state index contributed by atoms with van der Waals surface area (Å²) in [6, 6.07) is 20.0. The van der Waals surface area contributed by atoms with E-state index in [1.54, 1.807) is 43.5 Å². The van der Waals surface area contributed by atoms with Gasteiger partial charge in [-0.05, 0) is 36.2 Å². The molecule has 0 bridgehead atoms. The van der Waals surface area contributed by atoms with E-state index in [1.807, 2.05) is 30.3 Å². The first-order valence-electron chi connectivity index (χ1n) is 9.11. The van der Waals surface area contributed by atoms with Crippen molar-refractivity contribution in [2.75, 3.05) is 19.0 Å². The summed E-state index contributed by atoms with van der Waals surface area (Å²) < 4.78 is 5.20. The summed E-state index contributed by atoms with van der Waals surface area (Å²) in [5, 5.41) is 26.4. The van der Waals surface area contributed by atoms with Crippen LogP contribution in [0.4, 0.5) is 5.69 Å². The Hall–Kier alpha value is -3.98. The van der Waals surface area contributed by atoms with E-state index in [4.69, 9.17) is 4.74 Å². The Kier molecular flexibility index (Phi) is 6.33. The second kappa shape index (κ2) is 9.29. The van der Waals surface area contributed by atoms with Crippen molar-refractivity contribution < 1.29 is 14.6 Å². The summed E-state index contributed by atoms with van der Waals surface area (Å²) in [5.74, 6) is 0.405. The number of aromatic hydroxyl groups is 1. The largest absolute Gasteiger partial charge is 0.507 e. The van der Waals surface area contributed by atoms with Gasteiger partial charge in [-0.2, -0.15) is 5.26 Å². The zero-order valence-corrected chi connectivity index (χ0v) is 16.0. The van der Waals surface area contributed by atoms with Gasteiger partial charge < -0.3 is 20.5 Å². The molecule has 0 spiro atoms. The number of rotatable bonds is 7. The number of methoxy groups -OCH3 is 1. The monoisotopic (exact) mass is 387 g/mol. The smallest absolute Gasteiger partial charge is 0.267 e. The predicted octanol–water partition coefficient (Wildman–Crippen LogP) is 3.73. The highest BCUT2D eigenvalue weighted by atomic mass is 16.5. The second-order valence-corrected chi connectivity index (χ2v) is 6.36. The van der Waals surface area contributed by atoms with Gasteiger partial charge in [0, 0.05) is 29.2 Å². The lowest BCUT2D eigenvalue weighted by Crippen LogP contribution is -2.18. The molecule has 0 aliphatic heterocycles. The maximum atomic E-state index is 12.5. The Morgan fingerprint density at radius 2 is 1.90 bits per heavy atom. The van der Waals surface area contributed by atoms with Crippen LogP contribution in [-0.2, 0) is 11.2 Å². The zero-order valence-electron chi connectivity index (χ0n) is 16.0. The fourth-order valence-corrected chi connectivity index (χ4v) is 2.96. The molecule has 0 fully saturated rings. The Morgan fingerprint density at radius 1 is 1.14 bits per heavy atom. The molecule has 3 N–H and O–H groups in total. The van der Waals surface area contributed by atoms with Crippen LogP contribution in [0.1, 0.15) is 5.56 Å². The predicted molar refractivity (Wildman–Crippen MR) is 113 cm³/mol. The third-order valence-electron chi connectivity index (χ3n) is 4.45. The fraction of sp³-hybridized carbons (Fsp3) is 0.130. The molecule has 1 amide bonds. The lowest BCUT2D eigenvalue weighted by atomic mass is 10.1. The van der Waals surface area contributed by atoms with E-state index in [0.29, 0.717) is 23.0 Å². The van der Waals surface area contributed by atoms with Gasteiger partial charge in [0.25, 0.3) is 5.91 Å². The van der Waals surface area contributed by atoms with Crippen LogP contribution in [0.3, 0.4) is 0 Å². The zero-order chi connectivity index (χ0) is 20.6. The van der Waals surface area contributed by atoms with Crippen LogP contribution in [0, 0.1) is 11.3 Å². The number of carbonyl (C=O) groups is 1. The molecule has 0 atom stereocenters. The van der Waals surface area contributed by atoms with Crippen LogP contribution in [0.2, 0.25) is 0 Å². The number of nitriles is 1. The maximum absolute atomic E-state index is 12.5. The molecule has 0 saturated carbocycles. The van der Waals surface area contributed by atoms with Crippen LogP contribution < -0.4 is 15.4 Å². The summed E-state index contributed by atoms with van der Waals surface area (Å²) >= 11 is 0. The van der Waals surface area contributed by atoms with Gasteiger partial charge in [0.15, 0.2) is 0 Å². The van der Waals surface area contributed by atoms with Gasteiger partial charge in [-0.25, -0.2) is 0 Å². The van der Waals surface area contributed by atoms with Crippen LogP contribution in [0.25, 0.3) is 10.8 Å². The normalized spacial score (nSPS) is 11.0. The third-order valence-corrected chi connectivity index (χ3v) is 4.45. The van der Waals surface area contributed by atoms with Gasteiger partial charge in [-0.3, -0.25) is 4.79 Å². The highest BCUT2D eigenvalue weighted by Gasteiger charge is 2.12. The molecule has 6 heteroatoms. The number of anilines is 1. The highest BCUT2D eigenvalue weighted by molar-refractivity contribution is 6.11. The van der Waals surface area contributed by atoms with Crippen molar-refractivity contribution in [1.29, 1.82) is 5.26 Å². The lowest BCUT2D eigenvalue weighted by Gasteiger charge is -2.09. The number of fused-ring (bicyclic) bond motifs is 1. The van der Waals surface area contributed by atoms with Crippen molar-refractivity contribution in [3.05, 3.63) is 78.0 Å². The summed E-state index contributed by atoms with van der Waals surface area (Å²) in [6.07, 6.45) is 2.13.